The van der Waals surface area contributed by atoms with Crippen LogP contribution in [-0.4, -0.2) is 87.5 Å². The van der Waals surface area contributed by atoms with Crippen LogP contribution >= 0.6 is 0 Å². The standard InChI is InChI=1S/C66H125NO8/c1-3-5-7-9-11-13-15-17-19-21-23-25-27-29-30-32-33-35-37-39-41-43-45-47-49-51-53-55-60(69)59(58-74-66-65(73)64(72)63(71)61(57-68)75-66)67-62(70)56-54-52-50-48-46-44-42-40-38-36-34-31-28-26-24-22-20-18-16-14-12-10-8-6-4-2/h37,39,45,47,53,55,59-61,63-66,68-69,71-73H,3-36,38,40-44,46,48-52,54,56-58H2,1-2H3,(H,67,70)/b39-37+,47-45+,55-53+. The number of hydrogen-bond acceptors (Lipinski definition) is 8. The summed E-state index contributed by atoms with van der Waals surface area (Å²) in [7, 11) is 0. The van der Waals surface area contributed by atoms with Crippen molar-refractivity contribution in [2.24, 2.45) is 0 Å². The molecule has 1 aliphatic heterocycles. The third-order valence-corrected chi connectivity index (χ3v) is 15.7. The first kappa shape index (κ1) is 71.4. The summed E-state index contributed by atoms with van der Waals surface area (Å²) in [5.74, 6) is -0.184. The van der Waals surface area contributed by atoms with Crippen molar-refractivity contribution >= 4 is 5.91 Å². The average molecular weight is 1060 g/mol. The van der Waals surface area contributed by atoms with Crippen LogP contribution < -0.4 is 5.32 Å². The van der Waals surface area contributed by atoms with Crippen molar-refractivity contribution in [1.29, 1.82) is 0 Å². The molecule has 0 aromatic carbocycles. The SMILES string of the molecule is CCCCCCCCCCCCCCCCCCC/C=C/CC/C=C/CC/C=C/C(O)C(COC1OC(CO)C(O)C(O)C1O)NC(=O)CCCCCCCCCCCCCCCCCCCCCCCCCCC. The normalized spacial score (nSPS) is 19.1. The van der Waals surface area contributed by atoms with Gasteiger partial charge in [0, 0.05) is 6.42 Å². The smallest absolute Gasteiger partial charge is 0.220 e. The van der Waals surface area contributed by atoms with Crippen molar-refractivity contribution in [3.63, 3.8) is 0 Å². The van der Waals surface area contributed by atoms with Gasteiger partial charge >= 0.3 is 0 Å². The molecule has 7 unspecified atom stereocenters. The summed E-state index contributed by atoms with van der Waals surface area (Å²) >= 11 is 0. The van der Waals surface area contributed by atoms with Gasteiger partial charge in [0.05, 0.1) is 25.4 Å². The van der Waals surface area contributed by atoms with Crippen LogP contribution in [0.25, 0.3) is 0 Å². The number of ether oxygens (including phenoxy) is 2. The Morgan fingerprint density at radius 1 is 0.440 bits per heavy atom. The molecule has 1 saturated heterocycles. The van der Waals surface area contributed by atoms with Crippen molar-refractivity contribution in [3.8, 4) is 0 Å². The first-order chi connectivity index (χ1) is 36.8. The lowest BCUT2D eigenvalue weighted by Gasteiger charge is -2.40. The van der Waals surface area contributed by atoms with Crippen LogP contribution in [0.15, 0.2) is 36.5 Å². The number of carbonyl (C=O) groups is 1. The molecule has 0 radical (unpaired) electrons. The molecule has 0 saturated carbocycles. The minimum absolute atomic E-state index is 0.184. The van der Waals surface area contributed by atoms with Crippen LogP contribution in [-0.2, 0) is 14.3 Å². The number of unbranched alkanes of at least 4 members (excludes halogenated alkanes) is 43. The zero-order chi connectivity index (χ0) is 54.3. The average Bonchev–Trinajstić information content (AvgIpc) is 3.41. The monoisotopic (exact) mass is 1060 g/mol. The Labute approximate surface area is 463 Å². The van der Waals surface area contributed by atoms with Gasteiger partial charge in [0.15, 0.2) is 6.29 Å². The molecule has 1 aliphatic rings. The van der Waals surface area contributed by atoms with Crippen molar-refractivity contribution in [1.82, 2.24) is 5.32 Å². The van der Waals surface area contributed by atoms with Gasteiger partial charge in [-0.25, -0.2) is 0 Å². The molecule has 6 N–H and O–H groups in total. The molecule has 1 fully saturated rings. The second-order valence-corrected chi connectivity index (χ2v) is 22.9. The molecule has 0 spiro atoms. The number of allylic oxidation sites excluding steroid dienone is 5. The molecule has 1 rings (SSSR count). The zero-order valence-corrected chi connectivity index (χ0v) is 49.3. The second-order valence-electron chi connectivity index (χ2n) is 22.9. The first-order valence-corrected chi connectivity index (χ1v) is 32.7. The predicted octanol–water partition coefficient (Wildman–Crippen LogP) is 17.1. The molecular weight excluding hydrogens is 935 g/mol. The lowest BCUT2D eigenvalue weighted by Crippen LogP contribution is -2.60. The van der Waals surface area contributed by atoms with Crippen LogP contribution in [0, 0.1) is 0 Å². The van der Waals surface area contributed by atoms with Crippen LogP contribution in [0.5, 0.6) is 0 Å². The van der Waals surface area contributed by atoms with Gasteiger partial charge in [-0.2, -0.15) is 0 Å². The summed E-state index contributed by atoms with van der Waals surface area (Å²) in [5.41, 5.74) is 0. The maximum atomic E-state index is 13.1. The van der Waals surface area contributed by atoms with E-state index in [0.29, 0.717) is 6.42 Å². The molecule has 0 aromatic rings. The number of carbonyl (C=O) groups excluding carboxylic acids is 1. The molecule has 0 aliphatic carbocycles. The quantitative estimate of drug-likeness (QED) is 0.0261. The van der Waals surface area contributed by atoms with E-state index < -0.39 is 49.5 Å². The minimum Gasteiger partial charge on any atom is -0.394 e. The van der Waals surface area contributed by atoms with E-state index in [4.69, 9.17) is 9.47 Å². The van der Waals surface area contributed by atoms with Gasteiger partial charge in [0.1, 0.15) is 24.4 Å². The van der Waals surface area contributed by atoms with E-state index >= 15 is 0 Å². The van der Waals surface area contributed by atoms with E-state index in [9.17, 15) is 30.3 Å². The highest BCUT2D eigenvalue weighted by Crippen LogP contribution is 2.23. The Bertz CT molecular complexity index is 1270. The van der Waals surface area contributed by atoms with E-state index in [1.165, 1.54) is 257 Å². The molecule has 1 amide bonds. The van der Waals surface area contributed by atoms with Crippen LogP contribution in [0.4, 0.5) is 0 Å². The van der Waals surface area contributed by atoms with Crippen molar-refractivity contribution < 1.29 is 39.8 Å². The van der Waals surface area contributed by atoms with Gasteiger partial charge in [0.25, 0.3) is 0 Å². The molecule has 0 aromatic heterocycles. The summed E-state index contributed by atoms with van der Waals surface area (Å²) in [5, 5.41) is 54.6. The molecule has 75 heavy (non-hydrogen) atoms. The highest BCUT2D eigenvalue weighted by molar-refractivity contribution is 5.76. The van der Waals surface area contributed by atoms with E-state index in [1.807, 2.05) is 6.08 Å². The van der Waals surface area contributed by atoms with Crippen molar-refractivity contribution in [2.75, 3.05) is 13.2 Å². The van der Waals surface area contributed by atoms with Gasteiger partial charge in [-0.05, 0) is 44.9 Å². The third-order valence-electron chi connectivity index (χ3n) is 15.7. The molecule has 9 nitrogen and oxygen atoms in total. The highest BCUT2D eigenvalue weighted by atomic mass is 16.7. The highest BCUT2D eigenvalue weighted by Gasteiger charge is 2.44. The van der Waals surface area contributed by atoms with Gasteiger partial charge < -0.3 is 40.3 Å². The summed E-state index contributed by atoms with van der Waals surface area (Å²) < 4.78 is 11.3. The second kappa shape index (κ2) is 55.7. The zero-order valence-electron chi connectivity index (χ0n) is 49.3. The Hall–Kier alpha value is -1.59. The fourth-order valence-electron chi connectivity index (χ4n) is 10.5. The van der Waals surface area contributed by atoms with E-state index in [-0.39, 0.29) is 12.5 Å². The molecule has 9 heteroatoms. The van der Waals surface area contributed by atoms with Crippen LogP contribution in [0.3, 0.4) is 0 Å². The summed E-state index contributed by atoms with van der Waals surface area (Å²) in [6, 6.07) is -0.827. The lowest BCUT2D eigenvalue weighted by molar-refractivity contribution is -0.302. The van der Waals surface area contributed by atoms with Crippen LogP contribution in [0.2, 0.25) is 0 Å². The van der Waals surface area contributed by atoms with Gasteiger partial charge in [-0.15, -0.1) is 0 Å². The minimum atomic E-state index is -1.57. The maximum Gasteiger partial charge on any atom is 0.220 e. The topological polar surface area (TPSA) is 149 Å². The van der Waals surface area contributed by atoms with Crippen LogP contribution in [0.1, 0.15) is 322 Å². The fraction of sp³-hybridized carbons (Fsp3) is 0.894. The third kappa shape index (κ3) is 44.9. The number of hydrogen-bond donors (Lipinski definition) is 6. The molecular formula is C66H125NO8. The number of aliphatic hydroxyl groups is 5. The van der Waals surface area contributed by atoms with E-state index in [0.717, 1.165) is 44.9 Å². The van der Waals surface area contributed by atoms with E-state index in [2.05, 4.69) is 43.5 Å². The summed E-state index contributed by atoms with van der Waals surface area (Å²) in [4.78, 5) is 13.1. The molecule has 442 valence electrons. The van der Waals surface area contributed by atoms with Crippen molar-refractivity contribution in [3.05, 3.63) is 36.5 Å². The Morgan fingerprint density at radius 3 is 1.12 bits per heavy atom. The first-order valence-electron chi connectivity index (χ1n) is 32.7. The summed E-state index contributed by atoms with van der Waals surface area (Å²) in [6.45, 7) is 3.81. The Kier molecular flexibility index (Phi) is 53.1. The number of amides is 1. The molecule has 7 atom stereocenters. The number of rotatable bonds is 57. The lowest BCUT2D eigenvalue weighted by atomic mass is 9.99. The fourth-order valence-corrected chi connectivity index (χ4v) is 10.5. The number of aliphatic hydroxyl groups excluding tert-OH is 5. The largest absolute Gasteiger partial charge is 0.394 e. The maximum absolute atomic E-state index is 13.1. The molecule has 1 heterocycles. The number of nitrogens with one attached hydrogen (secondary N) is 1. The Morgan fingerprint density at radius 2 is 0.760 bits per heavy atom. The Balaban J connectivity index is 2.20. The van der Waals surface area contributed by atoms with Gasteiger partial charge in [-0.1, -0.05) is 307 Å². The van der Waals surface area contributed by atoms with Gasteiger partial charge in [0.2, 0.25) is 5.91 Å². The van der Waals surface area contributed by atoms with Crippen molar-refractivity contribution in [2.45, 2.75) is 365 Å². The molecule has 0 bridgehead atoms. The summed E-state index contributed by atoms with van der Waals surface area (Å²) in [6.07, 6.45) is 66.7. The van der Waals surface area contributed by atoms with Gasteiger partial charge in [-0.3, -0.25) is 4.79 Å². The predicted molar refractivity (Wildman–Crippen MR) is 318 cm³/mol. The van der Waals surface area contributed by atoms with E-state index in [1.54, 1.807) is 6.08 Å².